The lowest BCUT2D eigenvalue weighted by Crippen LogP contribution is -2.33. The number of rotatable bonds is 4. The molecule has 1 heterocycles. The lowest BCUT2D eigenvalue weighted by atomic mass is 10.1. The standard InChI is InChI=1S/C11H15F3N2/c1-8(7-11(12,13)14)16-9(2)10-5-3-4-6-15-10/h3-6,8-9,16H,7H2,1-2H3. The van der Waals surface area contributed by atoms with Gasteiger partial charge in [0.25, 0.3) is 0 Å². The molecular formula is C11H15F3N2. The Labute approximate surface area is 92.9 Å². The quantitative estimate of drug-likeness (QED) is 0.862. The van der Waals surface area contributed by atoms with Crippen molar-refractivity contribution < 1.29 is 13.2 Å². The van der Waals surface area contributed by atoms with Gasteiger partial charge in [0.1, 0.15) is 0 Å². The highest BCUT2D eigenvalue weighted by molar-refractivity contribution is 5.07. The molecule has 0 aliphatic carbocycles. The van der Waals surface area contributed by atoms with E-state index < -0.39 is 18.6 Å². The van der Waals surface area contributed by atoms with Crippen molar-refractivity contribution in [1.29, 1.82) is 0 Å². The van der Waals surface area contributed by atoms with Crippen LogP contribution in [0.5, 0.6) is 0 Å². The van der Waals surface area contributed by atoms with E-state index in [4.69, 9.17) is 0 Å². The number of pyridine rings is 1. The third kappa shape index (κ3) is 4.61. The third-order valence-corrected chi connectivity index (χ3v) is 2.20. The maximum absolute atomic E-state index is 12.1. The first-order valence-corrected chi connectivity index (χ1v) is 5.12. The summed E-state index contributed by atoms with van der Waals surface area (Å²) in [5, 5.41) is 2.87. The summed E-state index contributed by atoms with van der Waals surface area (Å²) in [6.45, 7) is 3.32. The second-order valence-electron chi connectivity index (χ2n) is 3.86. The van der Waals surface area contributed by atoms with Gasteiger partial charge in [-0.25, -0.2) is 0 Å². The highest BCUT2D eigenvalue weighted by Gasteiger charge is 2.30. The minimum Gasteiger partial charge on any atom is -0.306 e. The molecule has 2 unspecified atom stereocenters. The van der Waals surface area contributed by atoms with Gasteiger partial charge in [-0.2, -0.15) is 13.2 Å². The van der Waals surface area contributed by atoms with Gasteiger partial charge >= 0.3 is 6.18 Å². The zero-order chi connectivity index (χ0) is 12.2. The van der Waals surface area contributed by atoms with Crippen molar-refractivity contribution in [2.45, 2.75) is 38.5 Å². The van der Waals surface area contributed by atoms with Crippen molar-refractivity contribution in [3.05, 3.63) is 30.1 Å². The Morgan fingerprint density at radius 1 is 1.31 bits per heavy atom. The zero-order valence-electron chi connectivity index (χ0n) is 9.25. The van der Waals surface area contributed by atoms with Gasteiger partial charge < -0.3 is 5.32 Å². The Hall–Kier alpha value is -1.10. The molecule has 2 nitrogen and oxygen atoms in total. The van der Waals surface area contributed by atoms with Gasteiger partial charge in [0.15, 0.2) is 0 Å². The normalized spacial score (nSPS) is 15.8. The third-order valence-electron chi connectivity index (χ3n) is 2.20. The molecule has 0 spiro atoms. The average molecular weight is 232 g/mol. The van der Waals surface area contributed by atoms with E-state index in [1.165, 1.54) is 6.92 Å². The first-order valence-electron chi connectivity index (χ1n) is 5.12. The monoisotopic (exact) mass is 232 g/mol. The molecular weight excluding hydrogens is 217 g/mol. The van der Waals surface area contributed by atoms with Crippen molar-refractivity contribution >= 4 is 0 Å². The van der Waals surface area contributed by atoms with Crippen LogP contribution >= 0.6 is 0 Å². The van der Waals surface area contributed by atoms with Gasteiger partial charge in [-0.05, 0) is 26.0 Å². The van der Waals surface area contributed by atoms with Crippen LogP contribution in [0.3, 0.4) is 0 Å². The van der Waals surface area contributed by atoms with Crippen molar-refractivity contribution in [2.75, 3.05) is 0 Å². The van der Waals surface area contributed by atoms with Crippen LogP contribution in [0.15, 0.2) is 24.4 Å². The predicted octanol–water partition coefficient (Wildman–Crippen LogP) is 3.07. The molecule has 1 aromatic heterocycles. The topological polar surface area (TPSA) is 24.9 Å². The number of nitrogens with zero attached hydrogens (tertiary/aromatic N) is 1. The minimum atomic E-state index is -4.13. The van der Waals surface area contributed by atoms with Crippen LogP contribution in [0, 0.1) is 0 Å². The Kier molecular flexibility index (Phi) is 4.29. The van der Waals surface area contributed by atoms with Gasteiger partial charge in [0, 0.05) is 18.3 Å². The second-order valence-corrected chi connectivity index (χ2v) is 3.86. The molecule has 0 radical (unpaired) electrons. The number of nitrogens with one attached hydrogen (secondary N) is 1. The van der Waals surface area contributed by atoms with Crippen molar-refractivity contribution in [1.82, 2.24) is 10.3 Å². The predicted molar refractivity (Wildman–Crippen MR) is 55.9 cm³/mol. The summed E-state index contributed by atoms with van der Waals surface area (Å²) >= 11 is 0. The average Bonchev–Trinajstić information content (AvgIpc) is 2.16. The maximum atomic E-state index is 12.1. The highest BCUT2D eigenvalue weighted by Crippen LogP contribution is 2.22. The molecule has 5 heteroatoms. The maximum Gasteiger partial charge on any atom is 0.390 e. The lowest BCUT2D eigenvalue weighted by molar-refractivity contribution is -0.139. The molecule has 0 aliphatic rings. The summed E-state index contributed by atoms with van der Waals surface area (Å²) in [5.74, 6) is 0. The molecule has 0 bridgehead atoms. The van der Waals surface area contributed by atoms with E-state index in [-0.39, 0.29) is 6.04 Å². The van der Waals surface area contributed by atoms with Crippen LogP contribution in [0.25, 0.3) is 0 Å². The van der Waals surface area contributed by atoms with E-state index in [0.29, 0.717) is 0 Å². The number of aromatic nitrogens is 1. The van der Waals surface area contributed by atoms with Crippen LogP contribution in [-0.2, 0) is 0 Å². The summed E-state index contributed by atoms with van der Waals surface area (Å²) in [4.78, 5) is 4.08. The van der Waals surface area contributed by atoms with Crippen molar-refractivity contribution in [3.63, 3.8) is 0 Å². The van der Waals surface area contributed by atoms with Crippen LogP contribution in [0.1, 0.15) is 32.0 Å². The highest BCUT2D eigenvalue weighted by atomic mass is 19.4. The van der Waals surface area contributed by atoms with E-state index in [0.717, 1.165) is 5.69 Å². The van der Waals surface area contributed by atoms with E-state index in [1.54, 1.807) is 25.3 Å². The zero-order valence-corrected chi connectivity index (χ0v) is 9.25. The molecule has 1 aromatic rings. The molecule has 0 amide bonds. The molecule has 0 fully saturated rings. The van der Waals surface area contributed by atoms with Gasteiger partial charge in [0.2, 0.25) is 0 Å². The summed E-state index contributed by atoms with van der Waals surface area (Å²) in [6, 6.07) is 4.58. The Balaban J connectivity index is 2.49. The van der Waals surface area contributed by atoms with Crippen LogP contribution < -0.4 is 5.32 Å². The summed E-state index contributed by atoms with van der Waals surface area (Å²) < 4.78 is 36.3. The van der Waals surface area contributed by atoms with Crippen LogP contribution in [0.2, 0.25) is 0 Å². The fraction of sp³-hybridized carbons (Fsp3) is 0.545. The van der Waals surface area contributed by atoms with E-state index in [2.05, 4.69) is 10.3 Å². The summed E-state index contributed by atoms with van der Waals surface area (Å²) in [6.07, 6.45) is -3.33. The smallest absolute Gasteiger partial charge is 0.306 e. The van der Waals surface area contributed by atoms with E-state index in [9.17, 15) is 13.2 Å². The SMILES string of the molecule is CC(CC(F)(F)F)NC(C)c1ccccn1. The Bertz CT molecular complexity index is 311. The first-order chi connectivity index (χ1) is 7.38. The molecule has 0 aliphatic heterocycles. The number of hydrogen-bond donors (Lipinski definition) is 1. The molecule has 0 aromatic carbocycles. The molecule has 0 saturated heterocycles. The largest absolute Gasteiger partial charge is 0.390 e. The summed E-state index contributed by atoms with van der Waals surface area (Å²) in [7, 11) is 0. The lowest BCUT2D eigenvalue weighted by Gasteiger charge is -2.20. The first kappa shape index (κ1) is 13.0. The summed E-state index contributed by atoms with van der Waals surface area (Å²) in [5.41, 5.74) is 0.747. The fourth-order valence-corrected chi connectivity index (χ4v) is 1.55. The molecule has 16 heavy (non-hydrogen) atoms. The number of hydrogen-bond acceptors (Lipinski definition) is 2. The van der Waals surface area contributed by atoms with Crippen molar-refractivity contribution in [3.8, 4) is 0 Å². The Morgan fingerprint density at radius 2 is 2.00 bits per heavy atom. The molecule has 1 N–H and O–H groups in total. The van der Waals surface area contributed by atoms with Gasteiger partial charge in [-0.3, -0.25) is 4.98 Å². The van der Waals surface area contributed by atoms with Crippen molar-refractivity contribution in [2.24, 2.45) is 0 Å². The Morgan fingerprint density at radius 3 is 2.50 bits per heavy atom. The molecule has 1 rings (SSSR count). The van der Waals surface area contributed by atoms with E-state index in [1.807, 2.05) is 6.07 Å². The minimum absolute atomic E-state index is 0.182. The van der Waals surface area contributed by atoms with Gasteiger partial charge in [-0.15, -0.1) is 0 Å². The van der Waals surface area contributed by atoms with Crippen LogP contribution in [-0.4, -0.2) is 17.2 Å². The number of halogens is 3. The van der Waals surface area contributed by atoms with Gasteiger partial charge in [-0.1, -0.05) is 6.07 Å². The van der Waals surface area contributed by atoms with Gasteiger partial charge in [0.05, 0.1) is 12.1 Å². The fourth-order valence-electron chi connectivity index (χ4n) is 1.55. The molecule has 90 valence electrons. The van der Waals surface area contributed by atoms with E-state index >= 15 is 0 Å². The van der Waals surface area contributed by atoms with Crippen LogP contribution in [0.4, 0.5) is 13.2 Å². The second kappa shape index (κ2) is 5.30. The molecule has 0 saturated carbocycles. The molecule has 2 atom stereocenters. The number of alkyl halides is 3.